The molecule has 0 bridgehead atoms. The van der Waals surface area contributed by atoms with Crippen molar-refractivity contribution in [2.75, 3.05) is 0 Å². The number of hydrogen-bond acceptors (Lipinski definition) is 3. The molecule has 0 amide bonds. The van der Waals surface area contributed by atoms with Gasteiger partial charge in [-0.25, -0.2) is 4.79 Å². The van der Waals surface area contributed by atoms with Gasteiger partial charge >= 0.3 is 38.9 Å². The zero-order chi connectivity index (χ0) is 4.28. The average Bonchev–Trinajstić information content (AvgIpc) is 1.38. The van der Waals surface area contributed by atoms with Gasteiger partial charge in [0.1, 0.15) is 0 Å². The number of rotatable bonds is 0. The molecular formula is CHO5Y. The molecule has 0 aromatic rings. The normalized spacial score (nSPS) is 4.71. The molecule has 5 nitrogen and oxygen atoms in total. The van der Waals surface area contributed by atoms with Gasteiger partial charge in [0, 0.05) is 0 Å². The fourth-order valence-corrected chi connectivity index (χ4v) is 0. The zero-order valence-corrected chi connectivity index (χ0v) is 6.00. The molecule has 0 aliphatic carbocycles. The Bertz CT molecular complexity index is 43.3. The van der Waals surface area contributed by atoms with E-state index in [9.17, 15) is 0 Å². The van der Waals surface area contributed by atoms with E-state index in [4.69, 9.17) is 15.2 Å². The molecule has 0 aromatic heterocycles. The minimum atomic E-state index is -1.80. The first-order valence-electron chi connectivity index (χ1n) is 0.799. The van der Waals surface area contributed by atoms with Crippen LogP contribution in [0.4, 0.5) is 4.79 Å². The van der Waals surface area contributed by atoms with Gasteiger partial charge in [-0.3, -0.25) is 0 Å². The van der Waals surface area contributed by atoms with Gasteiger partial charge in [0.05, 0.1) is 0 Å². The first-order valence-corrected chi connectivity index (χ1v) is 0.799. The molecule has 0 aliphatic heterocycles. The van der Waals surface area contributed by atoms with Gasteiger partial charge in [0.25, 0.3) is 0 Å². The molecule has 0 unspecified atom stereocenters. The molecule has 1 N–H and O–H groups in total. The van der Waals surface area contributed by atoms with Crippen LogP contribution in [0.2, 0.25) is 0 Å². The molecule has 38 valence electrons. The topological polar surface area (TPSA) is 98.1 Å². The predicted octanol–water partition coefficient (Wildman–Crippen LogP) is -1.17. The van der Waals surface area contributed by atoms with Crippen molar-refractivity contribution < 1.29 is 58.2 Å². The minimum Gasteiger partial charge on any atom is -2.00 e. The van der Waals surface area contributed by atoms with Crippen molar-refractivity contribution in [2.24, 2.45) is 0 Å². The van der Waals surface area contributed by atoms with Gasteiger partial charge in [-0.05, 0) is 0 Å². The van der Waals surface area contributed by atoms with E-state index in [0.29, 0.717) is 0 Å². The van der Waals surface area contributed by atoms with Crippen LogP contribution in [0, 0.1) is 0 Å². The van der Waals surface area contributed by atoms with Gasteiger partial charge in [0.2, 0.25) is 0 Å². The summed E-state index contributed by atoms with van der Waals surface area (Å²) in [5.41, 5.74) is 0. The van der Waals surface area contributed by atoms with Crippen LogP contribution in [0.25, 0.3) is 0 Å². The van der Waals surface area contributed by atoms with Crippen LogP contribution in [-0.2, 0) is 43.1 Å². The summed E-state index contributed by atoms with van der Waals surface area (Å²) in [4.78, 5) is 11.2. The Morgan fingerprint density at radius 2 is 1.86 bits per heavy atom. The monoisotopic (exact) mass is 182 g/mol. The van der Waals surface area contributed by atoms with Gasteiger partial charge in [-0.2, -0.15) is 0 Å². The van der Waals surface area contributed by atoms with E-state index in [2.05, 4.69) is 4.89 Å². The van der Waals surface area contributed by atoms with Crippen molar-refractivity contribution in [2.45, 2.75) is 0 Å². The summed E-state index contributed by atoms with van der Waals surface area (Å²) in [6, 6.07) is 0. The van der Waals surface area contributed by atoms with Crippen LogP contribution in [0.3, 0.4) is 0 Å². The van der Waals surface area contributed by atoms with E-state index in [1.807, 2.05) is 0 Å². The molecule has 7 heavy (non-hydrogen) atoms. The number of hydrogen-bond donors (Lipinski definition) is 1. The van der Waals surface area contributed by atoms with E-state index >= 15 is 0 Å². The molecule has 0 saturated heterocycles. The van der Waals surface area contributed by atoms with Gasteiger partial charge < -0.3 is 20.7 Å². The molecule has 0 heterocycles. The summed E-state index contributed by atoms with van der Waals surface area (Å²) in [7, 11) is 0. The maximum absolute atomic E-state index is 8.83. The molecule has 6 heteroatoms. The third-order valence-electron chi connectivity index (χ3n) is 0.0713. The fourth-order valence-electron chi connectivity index (χ4n) is 0. The Morgan fingerprint density at radius 3 is 1.86 bits per heavy atom. The van der Waals surface area contributed by atoms with E-state index < -0.39 is 6.16 Å². The summed E-state index contributed by atoms with van der Waals surface area (Å²) >= 11 is 0. The van der Waals surface area contributed by atoms with Gasteiger partial charge in [0.15, 0.2) is 0 Å². The summed E-state index contributed by atoms with van der Waals surface area (Å²) in [6.07, 6.45) is -1.80. The summed E-state index contributed by atoms with van der Waals surface area (Å²) in [5.74, 6) is 0. The average molecular weight is 182 g/mol. The van der Waals surface area contributed by atoms with Crippen molar-refractivity contribution in [1.29, 1.82) is 0 Å². The maximum Gasteiger partial charge on any atom is 3.00 e. The molecule has 0 radical (unpaired) electrons. The largest absolute Gasteiger partial charge is 3.00 e. The zero-order valence-electron chi connectivity index (χ0n) is 3.16. The molecule has 0 rings (SSSR count). The summed E-state index contributed by atoms with van der Waals surface area (Å²) in [6.45, 7) is 0. The van der Waals surface area contributed by atoms with Crippen LogP contribution in [0.1, 0.15) is 0 Å². The van der Waals surface area contributed by atoms with Crippen molar-refractivity contribution in [3.05, 3.63) is 0 Å². The Kier molecular flexibility index (Phi) is 21.4. The van der Waals surface area contributed by atoms with Crippen LogP contribution in [-0.4, -0.2) is 11.3 Å². The van der Waals surface area contributed by atoms with Crippen LogP contribution >= 0.6 is 0 Å². The molecule has 0 aromatic carbocycles. The van der Waals surface area contributed by atoms with E-state index in [1.54, 1.807) is 0 Å². The van der Waals surface area contributed by atoms with E-state index in [-0.39, 0.29) is 38.2 Å². The second kappa shape index (κ2) is 9.57. The SMILES string of the molecule is O=C(O)O[O-].[O-2].[Y+3]. The first kappa shape index (κ1) is 15.7. The van der Waals surface area contributed by atoms with Crippen molar-refractivity contribution in [3.8, 4) is 0 Å². The summed E-state index contributed by atoms with van der Waals surface area (Å²) in [5, 5.41) is 15.7. The van der Waals surface area contributed by atoms with Crippen LogP contribution < -0.4 is 5.26 Å². The third-order valence-corrected chi connectivity index (χ3v) is 0.0713. The van der Waals surface area contributed by atoms with Crippen LogP contribution in [0.5, 0.6) is 0 Å². The number of carboxylic acid groups (broad SMARTS) is 1. The standard InChI is InChI=1S/CH2O4.O.Y/c2-1(3)5-4;;/h4H,(H,2,3);;/q;-2;+3/p-1. The quantitative estimate of drug-likeness (QED) is 0.377. The molecule has 0 aliphatic rings. The van der Waals surface area contributed by atoms with Crippen LogP contribution in [0.15, 0.2) is 0 Å². The van der Waals surface area contributed by atoms with Crippen molar-refractivity contribution in [1.82, 2.24) is 0 Å². The Morgan fingerprint density at radius 1 is 1.71 bits per heavy atom. The fraction of sp³-hybridized carbons (Fsp3) is 0. The van der Waals surface area contributed by atoms with E-state index in [1.165, 1.54) is 0 Å². The van der Waals surface area contributed by atoms with Gasteiger partial charge in [-0.1, -0.05) is 0 Å². The van der Waals surface area contributed by atoms with E-state index in [0.717, 1.165) is 0 Å². The Hall–Kier alpha value is 0.294. The Balaban J connectivity index is -0.0000000800. The smallest absolute Gasteiger partial charge is 2.00 e. The summed E-state index contributed by atoms with van der Waals surface area (Å²) < 4.78 is 0. The molecule has 0 spiro atoms. The maximum atomic E-state index is 8.83. The van der Waals surface area contributed by atoms with Crippen molar-refractivity contribution in [3.63, 3.8) is 0 Å². The van der Waals surface area contributed by atoms with Crippen molar-refractivity contribution >= 4 is 6.16 Å². The number of carbonyl (C=O) groups is 1. The minimum absolute atomic E-state index is 0. The Labute approximate surface area is 64.4 Å². The molecule has 0 atom stereocenters. The van der Waals surface area contributed by atoms with Gasteiger partial charge in [-0.15, -0.1) is 0 Å². The molecule has 0 saturated carbocycles. The molecular weight excluding hydrogens is 181 g/mol. The second-order valence-corrected chi connectivity index (χ2v) is 0.349. The second-order valence-electron chi connectivity index (χ2n) is 0.349. The molecule has 0 fully saturated rings. The predicted molar refractivity (Wildman–Crippen MR) is 9.80 cm³/mol. The first-order chi connectivity index (χ1) is 2.27. The third kappa shape index (κ3) is 22.1.